The van der Waals surface area contributed by atoms with Gasteiger partial charge in [-0.15, -0.1) is 23.1 Å². The quantitative estimate of drug-likeness (QED) is 0.571. The smallest absolute Gasteiger partial charge is 0.220 e. The number of halogens is 1. The fraction of sp³-hybridized carbons (Fsp3) is 0.400. The van der Waals surface area contributed by atoms with Crippen molar-refractivity contribution in [3.8, 4) is 0 Å². The molecular formula is C20H22ClN5OS2. The summed E-state index contributed by atoms with van der Waals surface area (Å²) >= 11 is 9.53. The van der Waals surface area contributed by atoms with Gasteiger partial charge in [0.25, 0.3) is 0 Å². The molecule has 3 aromatic rings. The zero-order valence-corrected chi connectivity index (χ0v) is 18.5. The maximum Gasteiger partial charge on any atom is 0.220 e. The van der Waals surface area contributed by atoms with Gasteiger partial charge in [-0.25, -0.2) is 9.97 Å². The van der Waals surface area contributed by atoms with Crippen LogP contribution in [0.25, 0.3) is 10.2 Å². The molecule has 4 heterocycles. The van der Waals surface area contributed by atoms with Crippen molar-refractivity contribution in [1.82, 2.24) is 20.3 Å². The molecule has 0 bridgehead atoms. The van der Waals surface area contributed by atoms with Gasteiger partial charge in [-0.05, 0) is 37.1 Å². The van der Waals surface area contributed by atoms with Crippen LogP contribution in [0.1, 0.15) is 24.8 Å². The molecule has 0 unspecified atom stereocenters. The first-order valence-electron chi connectivity index (χ1n) is 9.54. The SMILES string of the molecule is CSc1csc2c(N3CCC(NC(=O)CCc4ccncc4Cl)CC3)ncnc12. The van der Waals surface area contributed by atoms with Crippen molar-refractivity contribution in [2.75, 3.05) is 24.2 Å². The van der Waals surface area contributed by atoms with E-state index in [2.05, 4.69) is 36.8 Å². The Balaban J connectivity index is 1.31. The lowest BCUT2D eigenvalue weighted by molar-refractivity contribution is -0.121. The largest absolute Gasteiger partial charge is 0.355 e. The Kier molecular flexibility index (Phi) is 6.52. The van der Waals surface area contributed by atoms with Gasteiger partial charge in [0.1, 0.15) is 17.7 Å². The summed E-state index contributed by atoms with van der Waals surface area (Å²) in [6.45, 7) is 1.75. The first-order chi connectivity index (χ1) is 14.2. The first-order valence-corrected chi connectivity index (χ1v) is 12.0. The molecule has 1 N–H and O–H groups in total. The van der Waals surface area contributed by atoms with E-state index in [1.54, 1.807) is 41.8 Å². The van der Waals surface area contributed by atoms with Crippen molar-refractivity contribution >= 4 is 56.6 Å². The number of thiophene rings is 1. The Morgan fingerprint density at radius 3 is 2.97 bits per heavy atom. The third-order valence-electron chi connectivity index (χ3n) is 5.16. The van der Waals surface area contributed by atoms with Crippen LogP contribution in [0.3, 0.4) is 0 Å². The van der Waals surface area contributed by atoms with Gasteiger partial charge in [0.15, 0.2) is 0 Å². The molecule has 1 aliphatic heterocycles. The van der Waals surface area contributed by atoms with Crippen LogP contribution < -0.4 is 10.2 Å². The van der Waals surface area contributed by atoms with Crippen molar-refractivity contribution in [2.45, 2.75) is 36.6 Å². The van der Waals surface area contributed by atoms with Gasteiger partial charge < -0.3 is 10.2 Å². The van der Waals surface area contributed by atoms with Crippen LogP contribution in [0.15, 0.2) is 35.1 Å². The molecule has 0 radical (unpaired) electrons. The Morgan fingerprint density at radius 1 is 1.38 bits per heavy atom. The van der Waals surface area contributed by atoms with Gasteiger partial charge in [-0.1, -0.05) is 11.6 Å². The van der Waals surface area contributed by atoms with Crippen LogP contribution in [0.5, 0.6) is 0 Å². The van der Waals surface area contributed by atoms with E-state index in [1.165, 1.54) is 4.90 Å². The summed E-state index contributed by atoms with van der Waals surface area (Å²) in [5.41, 5.74) is 2.00. The molecule has 152 valence electrons. The van der Waals surface area contributed by atoms with E-state index in [0.29, 0.717) is 17.9 Å². The number of anilines is 1. The van der Waals surface area contributed by atoms with Gasteiger partial charge in [-0.2, -0.15) is 0 Å². The molecule has 0 atom stereocenters. The number of carbonyl (C=O) groups excluding carboxylic acids is 1. The number of thioether (sulfide) groups is 1. The van der Waals surface area contributed by atoms with Gasteiger partial charge in [0, 0.05) is 48.2 Å². The van der Waals surface area contributed by atoms with Crippen LogP contribution in [-0.2, 0) is 11.2 Å². The summed E-state index contributed by atoms with van der Waals surface area (Å²) in [4.78, 5) is 28.8. The summed E-state index contributed by atoms with van der Waals surface area (Å²) in [7, 11) is 0. The Hall–Kier alpha value is -1.90. The minimum Gasteiger partial charge on any atom is -0.355 e. The Morgan fingerprint density at radius 2 is 2.21 bits per heavy atom. The molecule has 29 heavy (non-hydrogen) atoms. The number of aromatic nitrogens is 3. The van der Waals surface area contributed by atoms with E-state index in [4.69, 9.17) is 11.6 Å². The second-order valence-electron chi connectivity index (χ2n) is 6.98. The van der Waals surface area contributed by atoms with Gasteiger partial charge in [0.05, 0.1) is 9.72 Å². The molecule has 1 aliphatic rings. The number of aryl methyl sites for hydroxylation is 1. The fourth-order valence-corrected chi connectivity index (χ4v) is 5.63. The lowest BCUT2D eigenvalue weighted by Crippen LogP contribution is -2.45. The second kappa shape index (κ2) is 9.28. The van der Waals surface area contributed by atoms with Crippen molar-refractivity contribution < 1.29 is 4.79 Å². The third kappa shape index (κ3) is 4.65. The van der Waals surface area contributed by atoms with Crippen LogP contribution in [0.2, 0.25) is 5.02 Å². The van der Waals surface area contributed by atoms with E-state index >= 15 is 0 Å². The summed E-state index contributed by atoms with van der Waals surface area (Å²) < 4.78 is 1.15. The molecule has 4 rings (SSSR count). The molecule has 3 aromatic heterocycles. The Bertz CT molecular complexity index is 1000. The highest BCUT2D eigenvalue weighted by atomic mass is 35.5. The number of carbonyl (C=O) groups is 1. The molecule has 1 saturated heterocycles. The number of piperidine rings is 1. The van der Waals surface area contributed by atoms with Crippen molar-refractivity contribution in [3.05, 3.63) is 40.8 Å². The Labute approximate surface area is 183 Å². The van der Waals surface area contributed by atoms with Crippen LogP contribution in [-0.4, -0.2) is 46.2 Å². The van der Waals surface area contributed by atoms with E-state index in [-0.39, 0.29) is 11.9 Å². The molecule has 0 aliphatic carbocycles. The summed E-state index contributed by atoms with van der Waals surface area (Å²) in [5, 5.41) is 5.94. The predicted molar refractivity (Wildman–Crippen MR) is 120 cm³/mol. The third-order valence-corrected chi connectivity index (χ3v) is 7.37. The normalized spacial score (nSPS) is 15.0. The number of pyridine rings is 1. The standard InChI is InChI=1S/C20H22ClN5OS2/c1-28-16-11-29-19-18(16)23-12-24-20(19)26-8-5-14(6-9-26)25-17(27)3-2-13-4-7-22-10-15(13)21/h4,7,10-12,14H,2-3,5-6,8-9H2,1H3,(H,25,27). The number of hydrogen-bond donors (Lipinski definition) is 1. The highest BCUT2D eigenvalue weighted by molar-refractivity contribution is 7.99. The number of amides is 1. The molecule has 1 amide bonds. The number of hydrogen-bond acceptors (Lipinski definition) is 7. The van der Waals surface area contributed by atoms with Crippen molar-refractivity contribution in [2.24, 2.45) is 0 Å². The van der Waals surface area contributed by atoms with Gasteiger partial charge >= 0.3 is 0 Å². The lowest BCUT2D eigenvalue weighted by Gasteiger charge is -2.33. The zero-order valence-electron chi connectivity index (χ0n) is 16.1. The van der Waals surface area contributed by atoms with Crippen LogP contribution in [0.4, 0.5) is 5.82 Å². The number of rotatable bonds is 6. The molecule has 0 saturated carbocycles. The molecule has 0 aromatic carbocycles. The van der Waals surface area contributed by atoms with Crippen molar-refractivity contribution in [1.29, 1.82) is 0 Å². The molecule has 0 spiro atoms. The van der Waals surface area contributed by atoms with Gasteiger partial charge in [0.2, 0.25) is 5.91 Å². The molecule has 1 fully saturated rings. The second-order valence-corrected chi connectivity index (χ2v) is 9.11. The van der Waals surface area contributed by atoms with E-state index in [1.807, 2.05) is 6.07 Å². The molecular weight excluding hydrogens is 426 g/mol. The zero-order chi connectivity index (χ0) is 20.2. The predicted octanol–water partition coefficient (Wildman–Crippen LogP) is 4.18. The lowest BCUT2D eigenvalue weighted by atomic mass is 10.0. The van der Waals surface area contributed by atoms with E-state index in [9.17, 15) is 4.79 Å². The average Bonchev–Trinajstić information content (AvgIpc) is 3.17. The summed E-state index contributed by atoms with van der Waals surface area (Å²) in [5.74, 6) is 1.08. The highest BCUT2D eigenvalue weighted by Gasteiger charge is 2.23. The van der Waals surface area contributed by atoms with E-state index < -0.39 is 0 Å². The number of nitrogens with zero attached hydrogens (tertiary/aromatic N) is 4. The first kappa shape index (κ1) is 20.4. The monoisotopic (exact) mass is 447 g/mol. The highest BCUT2D eigenvalue weighted by Crippen LogP contribution is 2.36. The van der Waals surface area contributed by atoms with Crippen LogP contribution >= 0.6 is 34.7 Å². The van der Waals surface area contributed by atoms with Gasteiger partial charge in [-0.3, -0.25) is 9.78 Å². The molecule has 6 nitrogen and oxygen atoms in total. The minimum atomic E-state index is 0.0728. The average molecular weight is 448 g/mol. The summed E-state index contributed by atoms with van der Waals surface area (Å²) in [6.07, 6.45) is 9.92. The molecule has 9 heteroatoms. The topological polar surface area (TPSA) is 71.0 Å². The minimum absolute atomic E-state index is 0.0728. The maximum absolute atomic E-state index is 12.4. The fourth-order valence-electron chi connectivity index (χ4n) is 3.58. The number of fused-ring (bicyclic) bond motifs is 1. The van der Waals surface area contributed by atoms with Crippen LogP contribution in [0, 0.1) is 0 Å². The van der Waals surface area contributed by atoms with Crippen molar-refractivity contribution in [3.63, 3.8) is 0 Å². The maximum atomic E-state index is 12.4. The van der Waals surface area contributed by atoms with E-state index in [0.717, 1.165) is 47.5 Å². The number of nitrogens with one attached hydrogen (secondary N) is 1. The summed E-state index contributed by atoms with van der Waals surface area (Å²) in [6, 6.07) is 2.07.